The SMILES string of the molecule is COc1ccc(CC2(N)C=CC(N)=CC2C)cc1. The highest BCUT2D eigenvalue weighted by Crippen LogP contribution is 2.27. The molecule has 4 N–H and O–H groups in total. The Morgan fingerprint density at radius 2 is 1.94 bits per heavy atom. The zero-order valence-electron chi connectivity index (χ0n) is 10.9. The van der Waals surface area contributed by atoms with Gasteiger partial charge in [0.25, 0.3) is 0 Å². The van der Waals surface area contributed by atoms with Gasteiger partial charge in [0.15, 0.2) is 0 Å². The van der Waals surface area contributed by atoms with Crippen LogP contribution in [-0.4, -0.2) is 12.6 Å². The number of rotatable bonds is 3. The van der Waals surface area contributed by atoms with Crippen LogP contribution in [0.25, 0.3) is 0 Å². The molecule has 0 radical (unpaired) electrons. The third-order valence-corrected chi connectivity index (χ3v) is 3.55. The third-order valence-electron chi connectivity index (χ3n) is 3.55. The van der Waals surface area contributed by atoms with Crippen molar-refractivity contribution in [1.82, 2.24) is 0 Å². The van der Waals surface area contributed by atoms with E-state index >= 15 is 0 Å². The molecule has 2 rings (SSSR count). The number of benzene rings is 1. The van der Waals surface area contributed by atoms with Crippen LogP contribution in [0.4, 0.5) is 0 Å². The van der Waals surface area contributed by atoms with E-state index in [1.165, 1.54) is 5.56 Å². The summed E-state index contributed by atoms with van der Waals surface area (Å²) in [6.07, 6.45) is 6.71. The Morgan fingerprint density at radius 1 is 1.28 bits per heavy atom. The molecule has 0 bridgehead atoms. The molecule has 1 aromatic rings. The molecule has 0 saturated heterocycles. The van der Waals surface area contributed by atoms with Crippen molar-refractivity contribution < 1.29 is 4.74 Å². The molecule has 3 heteroatoms. The van der Waals surface area contributed by atoms with E-state index < -0.39 is 0 Å². The molecule has 1 aliphatic carbocycles. The number of ether oxygens (including phenoxy) is 1. The lowest BCUT2D eigenvalue weighted by molar-refractivity contribution is 0.407. The van der Waals surface area contributed by atoms with Crippen LogP contribution < -0.4 is 16.2 Å². The van der Waals surface area contributed by atoms with E-state index in [2.05, 4.69) is 19.1 Å². The highest BCUT2D eigenvalue weighted by molar-refractivity contribution is 5.34. The summed E-state index contributed by atoms with van der Waals surface area (Å²) in [6, 6.07) is 8.02. The lowest BCUT2D eigenvalue weighted by Crippen LogP contribution is -2.47. The summed E-state index contributed by atoms with van der Waals surface area (Å²) < 4.78 is 5.15. The molecule has 0 spiro atoms. The van der Waals surface area contributed by atoms with Crippen molar-refractivity contribution in [2.24, 2.45) is 17.4 Å². The number of methoxy groups -OCH3 is 1. The van der Waals surface area contributed by atoms with Gasteiger partial charge in [0.1, 0.15) is 5.75 Å². The summed E-state index contributed by atoms with van der Waals surface area (Å²) in [6.45, 7) is 2.10. The molecule has 0 heterocycles. The van der Waals surface area contributed by atoms with Crippen LogP contribution in [-0.2, 0) is 6.42 Å². The van der Waals surface area contributed by atoms with E-state index in [4.69, 9.17) is 16.2 Å². The van der Waals surface area contributed by atoms with Crippen LogP contribution in [0.5, 0.6) is 5.75 Å². The summed E-state index contributed by atoms with van der Waals surface area (Å²) in [4.78, 5) is 0. The highest BCUT2D eigenvalue weighted by atomic mass is 16.5. The third kappa shape index (κ3) is 2.57. The second kappa shape index (κ2) is 4.86. The molecule has 96 valence electrons. The predicted molar refractivity (Wildman–Crippen MR) is 74.2 cm³/mol. The fraction of sp³-hybridized carbons (Fsp3) is 0.333. The lowest BCUT2D eigenvalue weighted by Gasteiger charge is -2.33. The standard InChI is InChI=1S/C15H20N2O/c1-11-9-13(16)7-8-15(11,17)10-12-3-5-14(18-2)6-4-12/h3-9,11H,10,16-17H2,1-2H3. The fourth-order valence-electron chi connectivity index (χ4n) is 2.22. The van der Waals surface area contributed by atoms with Crippen LogP contribution in [0.1, 0.15) is 12.5 Å². The van der Waals surface area contributed by atoms with Crippen LogP contribution in [0.15, 0.2) is 48.2 Å². The Morgan fingerprint density at radius 3 is 2.50 bits per heavy atom. The maximum Gasteiger partial charge on any atom is 0.118 e. The first-order chi connectivity index (χ1) is 8.53. The minimum Gasteiger partial charge on any atom is -0.497 e. The van der Waals surface area contributed by atoms with Gasteiger partial charge in [0.05, 0.1) is 7.11 Å². The second-order valence-corrected chi connectivity index (χ2v) is 4.93. The van der Waals surface area contributed by atoms with Gasteiger partial charge in [-0.1, -0.05) is 31.2 Å². The van der Waals surface area contributed by atoms with E-state index in [0.29, 0.717) is 0 Å². The van der Waals surface area contributed by atoms with Crippen molar-refractivity contribution in [3.05, 3.63) is 53.8 Å². The second-order valence-electron chi connectivity index (χ2n) is 4.93. The van der Waals surface area contributed by atoms with Gasteiger partial charge in [0.2, 0.25) is 0 Å². The predicted octanol–water partition coefficient (Wildman–Crippen LogP) is 1.98. The Hall–Kier alpha value is -1.74. The zero-order chi connectivity index (χ0) is 13.2. The molecule has 0 saturated carbocycles. The van der Waals surface area contributed by atoms with Gasteiger partial charge >= 0.3 is 0 Å². The summed E-state index contributed by atoms with van der Waals surface area (Å²) in [5.41, 5.74) is 13.9. The molecular formula is C15H20N2O. The molecule has 2 unspecified atom stereocenters. The zero-order valence-corrected chi connectivity index (χ0v) is 10.9. The van der Waals surface area contributed by atoms with Gasteiger partial charge < -0.3 is 16.2 Å². The Balaban J connectivity index is 2.15. The number of allylic oxidation sites excluding steroid dienone is 1. The van der Waals surface area contributed by atoms with Crippen molar-refractivity contribution >= 4 is 0 Å². The van der Waals surface area contributed by atoms with Crippen molar-refractivity contribution in [1.29, 1.82) is 0 Å². The molecule has 0 fully saturated rings. The molecule has 0 aromatic heterocycles. The van der Waals surface area contributed by atoms with Crippen molar-refractivity contribution in [3.8, 4) is 5.75 Å². The molecule has 0 amide bonds. The van der Waals surface area contributed by atoms with E-state index in [9.17, 15) is 0 Å². The van der Waals surface area contributed by atoms with Gasteiger partial charge in [-0.2, -0.15) is 0 Å². The maximum atomic E-state index is 6.45. The monoisotopic (exact) mass is 244 g/mol. The quantitative estimate of drug-likeness (QED) is 0.854. The van der Waals surface area contributed by atoms with Crippen LogP contribution in [0.2, 0.25) is 0 Å². The van der Waals surface area contributed by atoms with Gasteiger partial charge in [0, 0.05) is 11.2 Å². The molecular weight excluding hydrogens is 224 g/mol. The average Bonchev–Trinajstić information content (AvgIpc) is 2.36. The minimum absolute atomic E-state index is 0.226. The summed E-state index contributed by atoms with van der Waals surface area (Å²) in [5, 5.41) is 0. The molecule has 3 nitrogen and oxygen atoms in total. The first-order valence-electron chi connectivity index (χ1n) is 6.12. The lowest BCUT2D eigenvalue weighted by atomic mass is 9.77. The van der Waals surface area contributed by atoms with E-state index in [0.717, 1.165) is 17.9 Å². The Kier molecular flexibility index (Phi) is 3.43. The molecule has 2 atom stereocenters. The smallest absolute Gasteiger partial charge is 0.118 e. The van der Waals surface area contributed by atoms with Crippen LogP contribution in [0, 0.1) is 5.92 Å². The normalized spacial score (nSPS) is 26.8. The first kappa shape index (κ1) is 12.7. The Bertz CT molecular complexity index is 476. The van der Waals surface area contributed by atoms with E-state index in [1.807, 2.05) is 30.4 Å². The van der Waals surface area contributed by atoms with Gasteiger partial charge in [-0.3, -0.25) is 0 Å². The summed E-state index contributed by atoms with van der Waals surface area (Å²) in [5.74, 6) is 1.09. The summed E-state index contributed by atoms with van der Waals surface area (Å²) >= 11 is 0. The number of nitrogens with two attached hydrogens (primary N) is 2. The van der Waals surface area contributed by atoms with Crippen LogP contribution in [0.3, 0.4) is 0 Å². The largest absolute Gasteiger partial charge is 0.497 e. The average molecular weight is 244 g/mol. The van der Waals surface area contributed by atoms with Crippen LogP contribution >= 0.6 is 0 Å². The number of hydrogen-bond acceptors (Lipinski definition) is 3. The van der Waals surface area contributed by atoms with E-state index in [1.54, 1.807) is 7.11 Å². The van der Waals surface area contributed by atoms with Gasteiger partial charge in [-0.25, -0.2) is 0 Å². The molecule has 1 aliphatic rings. The van der Waals surface area contributed by atoms with Crippen molar-refractivity contribution in [3.63, 3.8) is 0 Å². The van der Waals surface area contributed by atoms with E-state index in [-0.39, 0.29) is 11.5 Å². The van der Waals surface area contributed by atoms with Crippen molar-refractivity contribution in [2.75, 3.05) is 7.11 Å². The molecule has 18 heavy (non-hydrogen) atoms. The summed E-state index contributed by atoms with van der Waals surface area (Å²) in [7, 11) is 1.67. The molecule has 0 aliphatic heterocycles. The first-order valence-corrected chi connectivity index (χ1v) is 6.12. The van der Waals surface area contributed by atoms with Gasteiger partial charge in [-0.15, -0.1) is 0 Å². The van der Waals surface area contributed by atoms with Gasteiger partial charge in [-0.05, 0) is 36.1 Å². The fourth-order valence-corrected chi connectivity index (χ4v) is 2.22. The highest BCUT2D eigenvalue weighted by Gasteiger charge is 2.30. The minimum atomic E-state index is -0.364. The maximum absolute atomic E-state index is 6.45. The van der Waals surface area contributed by atoms with Crippen molar-refractivity contribution in [2.45, 2.75) is 18.9 Å². The topological polar surface area (TPSA) is 61.3 Å². The molecule has 1 aromatic carbocycles. The number of hydrogen-bond donors (Lipinski definition) is 2. The Labute approximate surface area is 108 Å².